The Hall–Kier alpha value is -0.620. The monoisotopic (exact) mass is 320 g/mol. The van der Waals surface area contributed by atoms with E-state index >= 15 is 0 Å². The van der Waals surface area contributed by atoms with Crippen molar-refractivity contribution in [1.82, 2.24) is 0 Å². The summed E-state index contributed by atoms with van der Waals surface area (Å²) in [4.78, 5) is 10.7. The van der Waals surface area contributed by atoms with E-state index in [9.17, 15) is 4.79 Å². The molecule has 0 aromatic heterocycles. The summed E-state index contributed by atoms with van der Waals surface area (Å²) in [7, 11) is 0. The van der Waals surface area contributed by atoms with Gasteiger partial charge in [0.1, 0.15) is 12.4 Å². The molecule has 1 aromatic rings. The van der Waals surface area contributed by atoms with Crippen molar-refractivity contribution in [2.45, 2.75) is 6.92 Å². The zero-order chi connectivity index (χ0) is 11.1. The van der Waals surface area contributed by atoms with Crippen LogP contribution in [0.15, 0.2) is 18.2 Å². The Morgan fingerprint density at radius 1 is 1.40 bits per heavy atom. The molecule has 0 N–H and O–H groups in total. The molecule has 82 valence electrons. The molecule has 3 nitrogen and oxygen atoms in total. The van der Waals surface area contributed by atoms with E-state index in [1.54, 1.807) is 6.07 Å². The number of ether oxygens (including phenoxy) is 2. The number of carbonyl (C=O) groups excluding carboxylic acids is 1. The molecule has 4 heteroatoms. The molecular weight excluding hydrogens is 307 g/mol. The molecule has 0 aliphatic carbocycles. The molecule has 0 amide bonds. The molecule has 0 saturated heterocycles. The maximum absolute atomic E-state index is 10.7. The van der Waals surface area contributed by atoms with Crippen LogP contribution in [0, 0.1) is 3.57 Å². The molecule has 0 aliphatic rings. The van der Waals surface area contributed by atoms with Crippen LogP contribution in [0.4, 0.5) is 0 Å². The van der Waals surface area contributed by atoms with Crippen molar-refractivity contribution in [2.75, 3.05) is 19.8 Å². The van der Waals surface area contributed by atoms with E-state index in [2.05, 4.69) is 22.6 Å². The predicted molar refractivity (Wildman–Crippen MR) is 66.5 cm³/mol. The van der Waals surface area contributed by atoms with Gasteiger partial charge in [-0.3, -0.25) is 4.79 Å². The number of halogens is 1. The minimum Gasteiger partial charge on any atom is -0.490 e. The SMILES string of the molecule is CCOCCOc1cc(I)ccc1C=O. The summed E-state index contributed by atoms with van der Waals surface area (Å²) in [6, 6.07) is 5.47. The van der Waals surface area contributed by atoms with Gasteiger partial charge in [0.15, 0.2) is 6.29 Å². The van der Waals surface area contributed by atoms with E-state index in [0.717, 1.165) is 9.86 Å². The van der Waals surface area contributed by atoms with Crippen LogP contribution < -0.4 is 4.74 Å². The van der Waals surface area contributed by atoms with Crippen LogP contribution >= 0.6 is 22.6 Å². The summed E-state index contributed by atoms with van der Waals surface area (Å²) in [5.74, 6) is 0.622. The summed E-state index contributed by atoms with van der Waals surface area (Å²) >= 11 is 2.18. The van der Waals surface area contributed by atoms with Gasteiger partial charge >= 0.3 is 0 Å². The van der Waals surface area contributed by atoms with E-state index in [0.29, 0.717) is 31.1 Å². The van der Waals surface area contributed by atoms with Crippen molar-refractivity contribution in [1.29, 1.82) is 0 Å². The molecule has 0 heterocycles. The largest absolute Gasteiger partial charge is 0.490 e. The third kappa shape index (κ3) is 4.17. The Kier molecular flexibility index (Phi) is 5.63. The second-order valence-corrected chi connectivity index (χ2v) is 4.09. The van der Waals surface area contributed by atoms with Gasteiger partial charge in [0.05, 0.1) is 12.2 Å². The van der Waals surface area contributed by atoms with Gasteiger partial charge in [-0.05, 0) is 47.7 Å². The molecule has 1 aromatic carbocycles. The summed E-state index contributed by atoms with van der Waals surface area (Å²) in [5.41, 5.74) is 0.576. The molecular formula is C11H13IO3. The van der Waals surface area contributed by atoms with Crippen LogP contribution in [-0.2, 0) is 4.74 Å². The van der Waals surface area contributed by atoms with Gasteiger partial charge < -0.3 is 9.47 Å². The number of hydrogen-bond donors (Lipinski definition) is 0. The summed E-state index contributed by atoms with van der Waals surface area (Å²) in [6.45, 7) is 3.62. The fourth-order valence-corrected chi connectivity index (χ4v) is 1.55. The minimum atomic E-state index is 0.467. The maximum Gasteiger partial charge on any atom is 0.153 e. The Morgan fingerprint density at radius 2 is 2.20 bits per heavy atom. The second kappa shape index (κ2) is 6.79. The lowest BCUT2D eigenvalue weighted by Gasteiger charge is -2.08. The van der Waals surface area contributed by atoms with E-state index in [1.807, 2.05) is 19.1 Å². The minimum absolute atomic E-state index is 0.467. The Morgan fingerprint density at radius 3 is 2.87 bits per heavy atom. The van der Waals surface area contributed by atoms with Gasteiger partial charge in [0, 0.05) is 10.2 Å². The van der Waals surface area contributed by atoms with Crippen molar-refractivity contribution in [3.63, 3.8) is 0 Å². The Balaban J connectivity index is 2.58. The van der Waals surface area contributed by atoms with Gasteiger partial charge in [0.25, 0.3) is 0 Å². The lowest BCUT2D eigenvalue weighted by Crippen LogP contribution is -2.07. The molecule has 0 bridgehead atoms. The molecule has 0 spiro atoms. The van der Waals surface area contributed by atoms with Crippen LogP contribution in [-0.4, -0.2) is 26.1 Å². The molecule has 0 unspecified atom stereocenters. The van der Waals surface area contributed by atoms with Crippen LogP contribution in [0.5, 0.6) is 5.75 Å². The van der Waals surface area contributed by atoms with Gasteiger partial charge in [0.2, 0.25) is 0 Å². The highest BCUT2D eigenvalue weighted by atomic mass is 127. The molecule has 0 aliphatic heterocycles. The first-order chi connectivity index (χ1) is 7.27. The maximum atomic E-state index is 10.7. The van der Waals surface area contributed by atoms with Crippen molar-refractivity contribution in [2.24, 2.45) is 0 Å². The third-order valence-electron chi connectivity index (χ3n) is 1.79. The Labute approximate surface area is 103 Å². The van der Waals surface area contributed by atoms with Crippen molar-refractivity contribution in [3.05, 3.63) is 27.3 Å². The van der Waals surface area contributed by atoms with Crippen molar-refractivity contribution < 1.29 is 14.3 Å². The van der Waals surface area contributed by atoms with E-state index in [-0.39, 0.29) is 0 Å². The number of carbonyl (C=O) groups is 1. The first-order valence-corrected chi connectivity index (χ1v) is 5.81. The van der Waals surface area contributed by atoms with E-state index in [4.69, 9.17) is 9.47 Å². The number of benzene rings is 1. The first-order valence-electron chi connectivity index (χ1n) is 4.73. The summed E-state index contributed by atoms with van der Waals surface area (Å²) in [5, 5.41) is 0. The second-order valence-electron chi connectivity index (χ2n) is 2.85. The molecule has 15 heavy (non-hydrogen) atoms. The molecule has 0 radical (unpaired) electrons. The number of hydrogen-bond acceptors (Lipinski definition) is 3. The van der Waals surface area contributed by atoms with Crippen LogP contribution in [0.1, 0.15) is 17.3 Å². The fourth-order valence-electron chi connectivity index (χ4n) is 1.09. The van der Waals surface area contributed by atoms with Crippen molar-refractivity contribution >= 4 is 28.9 Å². The first kappa shape index (κ1) is 12.4. The number of rotatable bonds is 6. The van der Waals surface area contributed by atoms with Gasteiger partial charge in [-0.2, -0.15) is 0 Å². The summed E-state index contributed by atoms with van der Waals surface area (Å²) in [6.07, 6.45) is 0.798. The van der Waals surface area contributed by atoms with Crippen LogP contribution in [0.3, 0.4) is 0 Å². The predicted octanol–water partition coefficient (Wildman–Crippen LogP) is 2.52. The normalized spacial score (nSPS) is 10.0. The van der Waals surface area contributed by atoms with Gasteiger partial charge in [-0.1, -0.05) is 0 Å². The lowest BCUT2D eigenvalue weighted by atomic mass is 10.2. The highest BCUT2D eigenvalue weighted by Gasteiger charge is 2.03. The summed E-state index contributed by atoms with van der Waals surface area (Å²) < 4.78 is 11.6. The zero-order valence-corrected chi connectivity index (χ0v) is 10.7. The molecule has 0 atom stereocenters. The van der Waals surface area contributed by atoms with E-state index < -0.39 is 0 Å². The smallest absolute Gasteiger partial charge is 0.153 e. The Bertz CT molecular complexity index is 326. The van der Waals surface area contributed by atoms with E-state index in [1.165, 1.54) is 0 Å². The van der Waals surface area contributed by atoms with Crippen molar-refractivity contribution in [3.8, 4) is 5.75 Å². The highest BCUT2D eigenvalue weighted by molar-refractivity contribution is 14.1. The molecule has 0 saturated carbocycles. The van der Waals surface area contributed by atoms with Gasteiger partial charge in [-0.25, -0.2) is 0 Å². The highest BCUT2D eigenvalue weighted by Crippen LogP contribution is 2.19. The van der Waals surface area contributed by atoms with Crippen LogP contribution in [0.25, 0.3) is 0 Å². The standard InChI is InChI=1S/C11H13IO3/c1-2-14-5-6-15-11-7-10(12)4-3-9(11)8-13/h3-4,7-8H,2,5-6H2,1H3. The zero-order valence-electron chi connectivity index (χ0n) is 8.53. The third-order valence-corrected chi connectivity index (χ3v) is 2.46. The van der Waals surface area contributed by atoms with Gasteiger partial charge in [-0.15, -0.1) is 0 Å². The topological polar surface area (TPSA) is 35.5 Å². The number of aldehydes is 1. The molecule has 1 rings (SSSR count). The van der Waals surface area contributed by atoms with Crippen LogP contribution in [0.2, 0.25) is 0 Å². The molecule has 0 fully saturated rings. The average molecular weight is 320 g/mol. The average Bonchev–Trinajstić information content (AvgIpc) is 2.25. The lowest BCUT2D eigenvalue weighted by molar-refractivity contribution is 0.106. The fraction of sp³-hybridized carbons (Fsp3) is 0.364. The quantitative estimate of drug-likeness (QED) is 0.459.